The highest BCUT2D eigenvalue weighted by Crippen LogP contribution is 2.18. The maximum Gasteiger partial charge on any atom is 0.220 e. The van der Waals surface area contributed by atoms with Crippen LogP contribution in [0.2, 0.25) is 0 Å². The highest BCUT2D eigenvalue weighted by Gasteiger charge is 2.15. The third-order valence-electron chi connectivity index (χ3n) is 2.54. The number of methoxy groups -OCH3 is 1. The summed E-state index contributed by atoms with van der Waals surface area (Å²) in [6.07, 6.45) is 2.41. The average Bonchev–Trinajstić information content (AvgIpc) is 2.29. The van der Waals surface area contributed by atoms with E-state index in [1.807, 2.05) is 6.92 Å². The van der Waals surface area contributed by atoms with E-state index in [2.05, 4.69) is 15.3 Å². The largest absolute Gasteiger partial charge is 0.481 e. The van der Waals surface area contributed by atoms with Crippen molar-refractivity contribution in [2.75, 3.05) is 20.2 Å². The van der Waals surface area contributed by atoms with Crippen molar-refractivity contribution >= 4 is 0 Å². The van der Waals surface area contributed by atoms with Crippen molar-refractivity contribution in [2.45, 2.75) is 25.9 Å². The molecule has 1 saturated heterocycles. The topological polar surface area (TPSA) is 56.3 Å². The molecule has 0 spiro atoms. The van der Waals surface area contributed by atoms with E-state index in [9.17, 15) is 0 Å². The summed E-state index contributed by atoms with van der Waals surface area (Å²) in [6, 6.07) is 1.72. The van der Waals surface area contributed by atoms with E-state index in [1.54, 1.807) is 13.2 Å². The Morgan fingerprint density at radius 1 is 1.38 bits per heavy atom. The fourth-order valence-corrected chi connectivity index (χ4v) is 1.77. The van der Waals surface area contributed by atoms with Crippen molar-refractivity contribution in [1.29, 1.82) is 0 Å². The fraction of sp³-hybridized carbons (Fsp3) is 0.636. The van der Waals surface area contributed by atoms with E-state index in [1.165, 1.54) is 0 Å². The van der Waals surface area contributed by atoms with Gasteiger partial charge in [0.25, 0.3) is 0 Å². The molecule has 0 bridgehead atoms. The molecule has 0 saturated carbocycles. The van der Waals surface area contributed by atoms with Gasteiger partial charge in [-0.1, -0.05) is 0 Å². The second-order valence-corrected chi connectivity index (χ2v) is 3.88. The van der Waals surface area contributed by atoms with Gasteiger partial charge in [-0.25, -0.2) is 0 Å². The molecule has 1 atom stereocenters. The molecule has 2 heterocycles. The van der Waals surface area contributed by atoms with Crippen LogP contribution in [0.4, 0.5) is 0 Å². The lowest BCUT2D eigenvalue weighted by atomic mass is 10.1. The lowest BCUT2D eigenvalue weighted by Gasteiger charge is -2.23. The predicted molar refractivity (Wildman–Crippen MR) is 59.8 cm³/mol. The number of aromatic nitrogens is 2. The van der Waals surface area contributed by atoms with E-state index in [-0.39, 0.29) is 6.10 Å². The lowest BCUT2D eigenvalue weighted by molar-refractivity contribution is 0.159. The molecule has 1 unspecified atom stereocenters. The molecule has 16 heavy (non-hydrogen) atoms. The highest BCUT2D eigenvalue weighted by molar-refractivity contribution is 5.20. The molecule has 0 radical (unpaired) electrons. The van der Waals surface area contributed by atoms with Crippen LogP contribution in [0, 0.1) is 6.92 Å². The Labute approximate surface area is 95.2 Å². The van der Waals surface area contributed by atoms with E-state index in [4.69, 9.17) is 9.47 Å². The SMILES string of the molecule is COc1cc(OC2CCCNC2)nc(C)n1. The van der Waals surface area contributed by atoms with Gasteiger partial charge in [0.2, 0.25) is 11.8 Å². The minimum atomic E-state index is 0.202. The van der Waals surface area contributed by atoms with Crippen LogP contribution in [0.1, 0.15) is 18.7 Å². The molecule has 1 aromatic heterocycles. The molecule has 1 N–H and O–H groups in total. The van der Waals surface area contributed by atoms with Gasteiger partial charge in [-0.2, -0.15) is 9.97 Å². The highest BCUT2D eigenvalue weighted by atomic mass is 16.5. The Kier molecular flexibility index (Phi) is 3.56. The molecule has 88 valence electrons. The zero-order chi connectivity index (χ0) is 11.4. The van der Waals surface area contributed by atoms with Gasteiger partial charge in [0.15, 0.2) is 0 Å². The standard InChI is InChI=1S/C11H17N3O2/c1-8-13-10(15-2)6-11(14-8)16-9-4-3-5-12-7-9/h6,9,12H,3-5,7H2,1-2H3. The zero-order valence-corrected chi connectivity index (χ0v) is 9.69. The molecule has 5 nitrogen and oxygen atoms in total. The summed E-state index contributed by atoms with van der Waals surface area (Å²) >= 11 is 0. The number of aryl methyl sites for hydroxylation is 1. The van der Waals surface area contributed by atoms with Crippen molar-refractivity contribution in [2.24, 2.45) is 0 Å². The molecule has 0 aliphatic carbocycles. The van der Waals surface area contributed by atoms with Gasteiger partial charge in [-0.3, -0.25) is 0 Å². The number of ether oxygens (including phenoxy) is 2. The third-order valence-corrected chi connectivity index (χ3v) is 2.54. The maximum absolute atomic E-state index is 5.78. The maximum atomic E-state index is 5.78. The quantitative estimate of drug-likeness (QED) is 0.826. The number of rotatable bonds is 3. The molecule has 0 aromatic carbocycles. The monoisotopic (exact) mass is 223 g/mol. The van der Waals surface area contributed by atoms with E-state index in [0.29, 0.717) is 17.6 Å². The number of hydrogen-bond acceptors (Lipinski definition) is 5. The first kappa shape index (κ1) is 11.1. The van der Waals surface area contributed by atoms with Gasteiger partial charge in [-0.15, -0.1) is 0 Å². The fourth-order valence-electron chi connectivity index (χ4n) is 1.77. The van der Waals surface area contributed by atoms with Gasteiger partial charge >= 0.3 is 0 Å². The molecular weight excluding hydrogens is 206 g/mol. The van der Waals surface area contributed by atoms with Crippen LogP contribution in [0.15, 0.2) is 6.07 Å². The minimum absolute atomic E-state index is 0.202. The van der Waals surface area contributed by atoms with Crippen molar-refractivity contribution in [3.63, 3.8) is 0 Å². The van der Waals surface area contributed by atoms with Gasteiger partial charge in [0.05, 0.1) is 13.2 Å². The molecule has 5 heteroatoms. The summed E-state index contributed by atoms with van der Waals surface area (Å²) in [5, 5.41) is 3.30. The van der Waals surface area contributed by atoms with Gasteiger partial charge in [0.1, 0.15) is 11.9 Å². The Hall–Kier alpha value is -1.36. The molecule has 1 aliphatic rings. The zero-order valence-electron chi connectivity index (χ0n) is 9.69. The van der Waals surface area contributed by atoms with Crippen LogP contribution in [0.3, 0.4) is 0 Å². The molecule has 2 rings (SSSR count). The Balaban J connectivity index is 2.04. The predicted octanol–water partition coefficient (Wildman–Crippen LogP) is 0.924. The second kappa shape index (κ2) is 5.12. The number of nitrogens with zero attached hydrogens (tertiary/aromatic N) is 2. The first-order valence-corrected chi connectivity index (χ1v) is 5.55. The van der Waals surface area contributed by atoms with Crippen LogP contribution in [-0.2, 0) is 0 Å². The molecule has 1 aromatic rings. The van der Waals surface area contributed by atoms with E-state index < -0.39 is 0 Å². The first-order valence-electron chi connectivity index (χ1n) is 5.55. The smallest absolute Gasteiger partial charge is 0.220 e. The summed E-state index contributed by atoms with van der Waals surface area (Å²) in [4.78, 5) is 8.35. The summed E-state index contributed by atoms with van der Waals surface area (Å²) in [7, 11) is 1.59. The van der Waals surface area contributed by atoms with Crippen molar-refractivity contribution in [1.82, 2.24) is 15.3 Å². The summed E-state index contributed by atoms with van der Waals surface area (Å²) in [6.45, 7) is 3.78. The van der Waals surface area contributed by atoms with Crippen LogP contribution in [-0.4, -0.2) is 36.3 Å². The van der Waals surface area contributed by atoms with Gasteiger partial charge in [-0.05, 0) is 26.3 Å². The second-order valence-electron chi connectivity index (χ2n) is 3.88. The Bertz CT molecular complexity index is 351. The lowest BCUT2D eigenvalue weighted by Crippen LogP contribution is -2.37. The molecular formula is C11H17N3O2. The summed E-state index contributed by atoms with van der Waals surface area (Å²) in [5.41, 5.74) is 0. The first-order chi connectivity index (χ1) is 7.78. The Morgan fingerprint density at radius 3 is 2.88 bits per heavy atom. The summed E-state index contributed by atoms with van der Waals surface area (Å²) in [5.74, 6) is 1.81. The van der Waals surface area contributed by atoms with E-state index in [0.717, 1.165) is 25.9 Å². The summed E-state index contributed by atoms with van der Waals surface area (Å²) < 4.78 is 10.9. The van der Waals surface area contributed by atoms with Gasteiger partial charge in [0, 0.05) is 6.54 Å². The Morgan fingerprint density at radius 2 is 2.19 bits per heavy atom. The average molecular weight is 223 g/mol. The third kappa shape index (κ3) is 2.82. The van der Waals surface area contributed by atoms with Crippen LogP contribution >= 0.6 is 0 Å². The van der Waals surface area contributed by atoms with Crippen LogP contribution in [0.25, 0.3) is 0 Å². The number of hydrogen-bond donors (Lipinski definition) is 1. The molecule has 0 amide bonds. The van der Waals surface area contributed by atoms with Gasteiger partial charge < -0.3 is 14.8 Å². The number of nitrogens with one attached hydrogen (secondary N) is 1. The van der Waals surface area contributed by atoms with Crippen molar-refractivity contribution in [3.05, 3.63) is 11.9 Å². The van der Waals surface area contributed by atoms with Crippen LogP contribution in [0.5, 0.6) is 11.8 Å². The van der Waals surface area contributed by atoms with Crippen LogP contribution < -0.4 is 14.8 Å². The van der Waals surface area contributed by atoms with Crippen molar-refractivity contribution in [3.8, 4) is 11.8 Å². The normalized spacial score (nSPS) is 20.5. The minimum Gasteiger partial charge on any atom is -0.481 e. The van der Waals surface area contributed by atoms with Crippen molar-refractivity contribution < 1.29 is 9.47 Å². The molecule has 1 fully saturated rings. The number of piperidine rings is 1. The van der Waals surface area contributed by atoms with E-state index >= 15 is 0 Å². The molecule has 1 aliphatic heterocycles.